The molecule has 0 aliphatic carbocycles. The van der Waals surface area contributed by atoms with E-state index in [2.05, 4.69) is 5.32 Å². The minimum atomic E-state index is -0.380. The predicted molar refractivity (Wildman–Crippen MR) is 133 cm³/mol. The number of nitrogens with zero attached hydrogens (tertiary/aromatic N) is 1. The van der Waals surface area contributed by atoms with Crippen LogP contribution in [-0.4, -0.2) is 51.8 Å². The number of hydrogen-bond donors (Lipinski definition) is 1. The van der Waals surface area contributed by atoms with Crippen molar-refractivity contribution in [3.63, 3.8) is 0 Å². The molecule has 0 atom stereocenters. The lowest BCUT2D eigenvalue weighted by molar-refractivity contribution is -0.133. The molecule has 0 bridgehead atoms. The summed E-state index contributed by atoms with van der Waals surface area (Å²) in [6.07, 6.45) is 0. The number of amides is 2. The van der Waals surface area contributed by atoms with Crippen molar-refractivity contribution in [2.75, 3.05) is 40.4 Å². The molecule has 1 aliphatic rings. The molecule has 1 aliphatic heterocycles. The number of nitrogens with one attached hydrogen (secondary N) is 1. The zero-order valence-electron chi connectivity index (χ0n) is 20.6. The van der Waals surface area contributed by atoms with Gasteiger partial charge in [0.05, 0.1) is 28.4 Å². The second kappa shape index (κ2) is 10.9. The Hall–Kier alpha value is -4.40. The van der Waals surface area contributed by atoms with E-state index >= 15 is 0 Å². The smallest absolute Gasteiger partial charge is 0.263 e. The molecule has 0 spiro atoms. The van der Waals surface area contributed by atoms with Gasteiger partial charge in [-0.05, 0) is 42.5 Å². The fraction of sp³-hybridized carbons (Fsp3) is 0.259. The number of fused-ring (bicyclic) bond motifs is 1. The van der Waals surface area contributed by atoms with Gasteiger partial charge < -0.3 is 33.9 Å². The number of benzene rings is 3. The van der Waals surface area contributed by atoms with Gasteiger partial charge in [0.15, 0.2) is 6.61 Å². The van der Waals surface area contributed by atoms with Crippen molar-refractivity contribution < 1.29 is 33.3 Å². The summed E-state index contributed by atoms with van der Waals surface area (Å²) in [7, 11) is 6.15. The number of hydrogen-bond acceptors (Lipinski definition) is 7. The molecule has 0 unspecified atom stereocenters. The van der Waals surface area contributed by atoms with Crippen LogP contribution in [0.2, 0.25) is 0 Å². The summed E-state index contributed by atoms with van der Waals surface area (Å²) in [6, 6.07) is 15.9. The van der Waals surface area contributed by atoms with Gasteiger partial charge in [-0.15, -0.1) is 0 Å². The van der Waals surface area contributed by atoms with Gasteiger partial charge in [-0.3, -0.25) is 9.59 Å². The zero-order valence-corrected chi connectivity index (χ0v) is 20.6. The van der Waals surface area contributed by atoms with Crippen LogP contribution in [0.1, 0.15) is 21.5 Å². The van der Waals surface area contributed by atoms with Gasteiger partial charge in [-0.2, -0.15) is 0 Å². The number of rotatable bonds is 8. The molecule has 0 fully saturated rings. The van der Waals surface area contributed by atoms with Gasteiger partial charge in [0.1, 0.15) is 34.3 Å². The van der Waals surface area contributed by atoms with Crippen LogP contribution in [-0.2, 0) is 17.9 Å². The Morgan fingerprint density at radius 1 is 0.917 bits per heavy atom. The van der Waals surface area contributed by atoms with Crippen LogP contribution in [0.25, 0.3) is 0 Å². The highest BCUT2D eigenvalue weighted by Gasteiger charge is 2.24. The molecule has 0 aromatic heterocycles. The van der Waals surface area contributed by atoms with Crippen LogP contribution < -0.4 is 29.0 Å². The Labute approximate surface area is 209 Å². The van der Waals surface area contributed by atoms with Gasteiger partial charge in [0, 0.05) is 36.0 Å². The van der Waals surface area contributed by atoms with E-state index in [0.717, 1.165) is 11.1 Å². The maximum atomic E-state index is 13.1. The van der Waals surface area contributed by atoms with Crippen LogP contribution >= 0.6 is 0 Å². The van der Waals surface area contributed by atoms with Crippen molar-refractivity contribution in [2.45, 2.75) is 13.1 Å². The summed E-state index contributed by atoms with van der Waals surface area (Å²) in [5, 5.41) is 2.89. The van der Waals surface area contributed by atoms with Crippen LogP contribution in [0, 0.1) is 0 Å². The topological polar surface area (TPSA) is 95.6 Å². The van der Waals surface area contributed by atoms with Gasteiger partial charge in [0.2, 0.25) is 0 Å². The van der Waals surface area contributed by atoms with Crippen molar-refractivity contribution in [1.29, 1.82) is 0 Å². The second-order valence-electron chi connectivity index (χ2n) is 8.03. The summed E-state index contributed by atoms with van der Waals surface area (Å²) in [6.45, 7) is 0.532. The molecule has 0 radical (unpaired) electrons. The van der Waals surface area contributed by atoms with Gasteiger partial charge >= 0.3 is 0 Å². The highest BCUT2D eigenvalue weighted by Crippen LogP contribution is 2.32. The standard InChI is InChI=1S/C27H28N2O7/c1-32-20-10-8-17(24(13-20)35-4)14-29-15-18-12-19(9-11-21(18)36-16-25(29)30)28-27(31)26-22(33-2)6-5-7-23(26)34-3/h5-13H,14-16H2,1-4H3,(H,28,31). The average Bonchev–Trinajstić information content (AvgIpc) is 3.06. The van der Waals surface area contributed by atoms with Crippen LogP contribution in [0.15, 0.2) is 54.6 Å². The molecule has 3 aromatic carbocycles. The maximum Gasteiger partial charge on any atom is 0.263 e. The van der Waals surface area contributed by atoms with Crippen LogP contribution in [0.4, 0.5) is 5.69 Å². The summed E-state index contributed by atoms with van der Waals surface area (Å²) in [4.78, 5) is 27.6. The molecule has 2 amide bonds. The molecule has 1 N–H and O–H groups in total. The Morgan fingerprint density at radius 2 is 1.64 bits per heavy atom. The minimum absolute atomic E-state index is 0.0877. The van der Waals surface area contributed by atoms with E-state index < -0.39 is 0 Å². The monoisotopic (exact) mass is 492 g/mol. The summed E-state index contributed by atoms with van der Waals surface area (Å²) < 4.78 is 27.2. The lowest BCUT2D eigenvalue weighted by atomic mass is 10.1. The molecule has 9 nitrogen and oxygen atoms in total. The molecule has 3 aromatic rings. The number of carbonyl (C=O) groups is 2. The highest BCUT2D eigenvalue weighted by molar-refractivity contribution is 6.08. The molecule has 188 valence electrons. The second-order valence-corrected chi connectivity index (χ2v) is 8.03. The van der Waals surface area contributed by atoms with E-state index in [-0.39, 0.29) is 24.0 Å². The minimum Gasteiger partial charge on any atom is -0.497 e. The highest BCUT2D eigenvalue weighted by atomic mass is 16.5. The Morgan fingerprint density at radius 3 is 2.31 bits per heavy atom. The van der Waals surface area contributed by atoms with Gasteiger partial charge in [-0.25, -0.2) is 0 Å². The molecular weight excluding hydrogens is 464 g/mol. The number of carbonyl (C=O) groups excluding carboxylic acids is 2. The Bertz CT molecular complexity index is 1250. The number of methoxy groups -OCH3 is 4. The molecule has 4 rings (SSSR count). The first-order valence-electron chi connectivity index (χ1n) is 11.2. The van der Waals surface area contributed by atoms with E-state index in [4.69, 9.17) is 23.7 Å². The lowest BCUT2D eigenvalue weighted by Crippen LogP contribution is -2.32. The third kappa shape index (κ3) is 5.14. The Balaban J connectivity index is 1.58. The average molecular weight is 493 g/mol. The SMILES string of the molecule is COc1ccc(CN2Cc3cc(NC(=O)c4c(OC)cccc4OC)ccc3OCC2=O)c(OC)c1. The molecule has 1 heterocycles. The van der Waals surface area contributed by atoms with Gasteiger partial charge in [0.25, 0.3) is 11.8 Å². The molecule has 0 saturated heterocycles. The third-order valence-electron chi connectivity index (χ3n) is 5.89. The molecule has 9 heteroatoms. The summed E-state index contributed by atoms with van der Waals surface area (Å²) in [5.41, 5.74) is 2.43. The molecule has 0 saturated carbocycles. The van der Waals surface area contributed by atoms with Crippen LogP contribution in [0.5, 0.6) is 28.7 Å². The Kier molecular flexibility index (Phi) is 7.48. The van der Waals surface area contributed by atoms with E-state index in [1.165, 1.54) is 14.2 Å². The molecular formula is C27H28N2O7. The normalized spacial score (nSPS) is 12.7. The summed E-state index contributed by atoms with van der Waals surface area (Å²) >= 11 is 0. The summed E-state index contributed by atoms with van der Waals surface area (Å²) in [5.74, 6) is 2.13. The van der Waals surface area contributed by atoms with Crippen LogP contribution in [0.3, 0.4) is 0 Å². The van der Waals surface area contributed by atoms with E-state index in [0.29, 0.717) is 47.5 Å². The van der Waals surface area contributed by atoms with Crippen molar-refractivity contribution in [2.24, 2.45) is 0 Å². The maximum absolute atomic E-state index is 13.1. The third-order valence-corrected chi connectivity index (χ3v) is 5.89. The molecule has 36 heavy (non-hydrogen) atoms. The lowest BCUT2D eigenvalue weighted by Gasteiger charge is -2.22. The van der Waals surface area contributed by atoms with E-state index in [9.17, 15) is 9.59 Å². The first-order chi connectivity index (χ1) is 17.5. The number of anilines is 1. The van der Waals surface area contributed by atoms with E-state index in [1.54, 1.807) is 61.6 Å². The first-order valence-corrected chi connectivity index (χ1v) is 11.2. The van der Waals surface area contributed by atoms with Crippen molar-refractivity contribution in [3.8, 4) is 28.7 Å². The van der Waals surface area contributed by atoms with Crippen molar-refractivity contribution in [1.82, 2.24) is 4.90 Å². The largest absolute Gasteiger partial charge is 0.497 e. The first kappa shape index (κ1) is 24.7. The zero-order chi connectivity index (χ0) is 25.7. The number of ether oxygens (including phenoxy) is 5. The predicted octanol–water partition coefficient (Wildman–Crippen LogP) is 3.89. The fourth-order valence-corrected chi connectivity index (χ4v) is 4.05. The quantitative estimate of drug-likeness (QED) is 0.510. The fourth-order valence-electron chi connectivity index (χ4n) is 4.05. The van der Waals surface area contributed by atoms with Crippen molar-refractivity contribution >= 4 is 17.5 Å². The van der Waals surface area contributed by atoms with Crippen molar-refractivity contribution in [3.05, 3.63) is 71.3 Å². The van der Waals surface area contributed by atoms with Gasteiger partial charge in [-0.1, -0.05) is 6.07 Å². The van der Waals surface area contributed by atoms with E-state index in [1.807, 2.05) is 12.1 Å².